The molecule has 1 aliphatic carbocycles. The Hall–Kier alpha value is -2.30. The van der Waals surface area contributed by atoms with Crippen LogP contribution in [0.5, 0.6) is 0 Å². The second-order valence-electron chi connectivity index (χ2n) is 5.05. The van der Waals surface area contributed by atoms with E-state index in [0.29, 0.717) is 5.03 Å². The van der Waals surface area contributed by atoms with Crippen molar-refractivity contribution in [1.29, 1.82) is 0 Å². The highest BCUT2D eigenvalue weighted by Crippen LogP contribution is 2.37. The Morgan fingerprint density at radius 3 is 2.86 bits per heavy atom. The third-order valence-electron chi connectivity index (χ3n) is 3.84. The van der Waals surface area contributed by atoms with Crippen LogP contribution in [0, 0.1) is 0 Å². The monoisotopic (exact) mass is 296 g/mol. The zero-order valence-corrected chi connectivity index (χ0v) is 11.9. The fraction of sp³-hybridized carbons (Fsp3) is 0.0625. The molecule has 1 unspecified atom stereocenters. The first-order chi connectivity index (χ1) is 10.3. The Bertz CT molecular complexity index is 743. The van der Waals surface area contributed by atoms with Crippen LogP contribution in [-0.2, 0) is 0 Å². The molecule has 21 heavy (non-hydrogen) atoms. The minimum absolute atomic E-state index is 0.543. The normalized spacial score (nSPS) is 26.1. The lowest BCUT2D eigenvalue weighted by Crippen LogP contribution is -2.53. The number of hydrazone groups is 1. The van der Waals surface area contributed by atoms with E-state index >= 15 is 0 Å². The summed E-state index contributed by atoms with van der Waals surface area (Å²) in [6.07, 6.45) is 9.91. The summed E-state index contributed by atoms with van der Waals surface area (Å²) in [6.45, 7) is 0. The molecule has 4 rings (SSSR count). The number of amidine groups is 1. The predicted octanol–water partition coefficient (Wildman–Crippen LogP) is 2.41. The maximum absolute atomic E-state index is 6.44. The minimum atomic E-state index is -0.543. The Labute approximate surface area is 127 Å². The summed E-state index contributed by atoms with van der Waals surface area (Å²) in [7, 11) is 0. The van der Waals surface area contributed by atoms with Gasteiger partial charge in [0.25, 0.3) is 0 Å². The van der Waals surface area contributed by atoms with Gasteiger partial charge in [-0.1, -0.05) is 54.1 Å². The van der Waals surface area contributed by atoms with Gasteiger partial charge in [0.05, 0.1) is 0 Å². The van der Waals surface area contributed by atoms with Crippen LogP contribution in [-0.4, -0.2) is 11.4 Å². The van der Waals surface area contributed by atoms with Gasteiger partial charge in [-0.3, -0.25) is 0 Å². The highest BCUT2D eigenvalue weighted by Gasteiger charge is 2.44. The summed E-state index contributed by atoms with van der Waals surface area (Å²) >= 11 is 6.44. The van der Waals surface area contributed by atoms with E-state index in [2.05, 4.69) is 39.6 Å². The highest BCUT2D eigenvalue weighted by molar-refractivity contribution is 6.33. The number of allylic oxidation sites excluding steroid dienone is 4. The van der Waals surface area contributed by atoms with E-state index in [0.717, 1.165) is 22.5 Å². The molecular weight excluding hydrogens is 284 g/mol. The summed E-state index contributed by atoms with van der Waals surface area (Å²) in [4.78, 5) is 0. The molecule has 0 saturated carbocycles. The summed E-state index contributed by atoms with van der Waals surface area (Å²) in [5.41, 5.74) is 8.62. The number of benzene rings is 1. The number of hydrogen-bond acceptors (Lipinski definition) is 4. The zero-order valence-electron chi connectivity index (χ0n) is 11.1. The average Bonchev–Trinajstić information content (AvgIpc) is 2.83. The fourth-order valence-electron chi connectivity index (χ4n) is 2.75. The topological polar surface area (TPSA) is 48.5 Å². The molecule has 1 atom stereocenters. The summed E-state index contributed by atoms with van der Waals surface area (Å²) in [5, 5.41) is 8.25. The number of nitrogens with zero attached hydrogens (tertiary/aromatic N) is 1. The van der Waals surface area contributed by atoms with E-state index in [-0.39, 0.29) is 0 Å². The number of rotatable bonds is 1. The highest BCUT2D eigenvalue weighted by atomic mass is 35.5. The molecule has 1 aromatic rings. The van der Waals surface area contributed by atoms with Crippen molar-refractivity contribution in [2.75, 3.05) is 0 Å². The van der Waals surface area contributed by atoms with Crippen molar-refractivity contribution in [3.8, 4) is 0 Å². The second kappa shape index (κ2) is 4.62. The molecule has 104 valence electrons. The van der Waals surface area contributed by atoms with Crippen molar-refractivity contribution in [2.24, 2.45) is 5.10 Å². The predicted molar refractivity (Wildman–Crippen MR) is 85.2 cm³/mol. The van der Waals surface area contributed by atoms with Gasteiger partial charge >= 0.3 is 0 Å². The maximum atomic E-state index is 6.44. The smallest absolute Gasteiger partial charge is 0.158 e. The lowest BCUT2D eigenvalue weighted by Gasteiger charge is -2.30. The Morgan fingerprint density at radius 2 is 2.00 bits per heavy atom. The molecular formula is C16H13ClN4. The second-order valence-corrected chi connectivity index (χ2v) is 5.45. The van der Waals surface area contributed by atoms with Gasteiger partial charge in [-0.25, -0.2) is 5.53 Å². The van der Waals surface area contributed by atoms with Crippen molar-refractivity contribution in [2.45, 2.75) is 5.54 Å². The SMILES string of the molecule is ClC1=CC=CC23NNN=C2NC=C(c2ccccc2)C=C13. The van der Waals surface area contributed by atoms with Gasteiger partial charge in [0, 0.05) is 16.8 Å². The largest absolute Gasteiger partial charge is 0.346 e. The Kier molecular flexibility index (Phi) is 2.74. The molecule has 0 fully saturated rings. The van der Waals surface area contributed by atoms with E-state index in [1.165, 1.54) is 0 Å². The van der Waals surface area contributed by atoms with Gasteiger partial charge in [-0.15, -0.1) is 5.10 Å². The fourth-order valence-corrected chi connectivity index (χ4v) is 3.03. The summed E-state index contributed by atoms with van der Waals surface area (Å²) in [6, 6.07) is 10.2. The lowest BCUT2D eigenvalue weighted by molar-refractivity contribution is 0.528. The van der Waals surface area contributed by atoms with Gasteiger partial charge in [0.2, 0.25) is 0 Å². The van der Waals surface area contributed by atoms with Gasteiger partial charge in [-0.05, 0) is 23.3 Å². The van der Waals surface area contributed by atoms with Crippen molar-refractivity contribution < 1.29 is 0 Å². The Morgan fingerprint density at radius 1 is 1.14 bits per heavy atom. The summed E-state index contributed by atoms with van der Waals surface area (Å²) in [5.74, 6) is 0.780. The standard InChI is InChI=1S/C16H13ClN4/c17-14-7-4-8-16-13(14)9-12(11-5-2-1-3-6-11)10-18-15(16)19-21-20-16/h1-10,20-21H,(H,18,19). The van der Waals surface area contributed by atoms with E-state index in [4.69, 9.17) is 11.6 Å². The minimum Gasteiger partial charge on any atom is -0.346 e. The molecule has 2 aliphatic heterocycles. The van der Waals surface area contributed by atoms with Crippen molar-refractivity contribution in [3.63, 3.8) is 0 Å². The first-order valence-corrected chi connectivity index (χ1v) is 7.07. The van der Waals surface area contributed by atoms with Crippen molar-refractivity contribution in [3.05, 3.63) is 77.0 Å². The quantitative estimate of drug-likeness (QED) is 0.746. The number of nitrogens with one attached hydrogen (secondary N) is 3. The van der Waals surface area contributed by atoms with Crippen LogP contribution in [0.25, 0.3) is 5.57 Å². The first kappa shape index (κ1) is 12.4. The van der Waals surface area contributed by atoms with E-state index < -0.39 is 5.54 Å². The molecule has 0 aromatic heterocycles. The van der Waals surface area contributed by atoms with Crippen LogP contribution < -0.4 is 16.3 Å². The number of halogens is 1. The van der Waals surface area contributed by atoms with Gasteiger partial charge < -0.3 is 5.32 Å². The molecule has 0 amide bonds. The molecule has 0 radical (unpaired) electrons. The molecule has 0 saturated heterocycles. The molecule has 0 bridgehead atoms. The van der Waals surface area contributed by atoms with Crippen LogP contribution >= 0.6 is 11.6 Å². The molecule has 1 aromatic carbocycles. The van der Waals surface area contributed by atoms with Crippen LogP contribution in [0.15, 0.2) is 76.5 Å². The van der Waals surface area contributed by atoms with E-state index in [1.54, 1.807) is 0 Å². The molecule has 3 aliphatic rings. The lowest BCUT2D eigenvalue weighted by atomic mass is 9.84. The Balaban J connectivity index is 1.89. The van der Waals surface area contributed by atoms with Crippen LogP contribution in [0.3, 0.4) is 0 Å². The average molecular weight is 297 g/mol. The van der Waals surface area contributed by atoms with Crippen LogP contribution in [0.2, 0.25) is 0 Å². The first-order valence-electron chi connectivity index (χ1n) is 6.70. The third kappa shape index (κ3) is 1.84. The molecule has 3 N–H and O–H groups in total. The molecule has 5 heteroatoms. The van der Waals surface area contributed by atoms with E-state index in [1.807, 2.05) is 42.6 Å². The van der Waals surface area contributed by atoms with Gasteiger partial charge in [0.15, 0.2) is 5.84 Å². The zero-order chi connectivity index (χ0) is 14.3. The van der Waals surface area contributed by atoms with Crippen molar-refractivity contribution >= 4 is 23.0 Å². The third-order valence-corrected chi connectivity index (χ3v) is 4.17. The summed E-state index contributed by atoms with van der Waals surface area (Å²) < 4.78 is 0. The van der Waals surface area contributed by atoms with Gasteiger partial charge in [-0.2, -0.15) is 5.43 Å². The molecule has 1 spiro atoms. The molecule has 2 heterocycles. The van der Waals surface area contributed by atoms with Crippen LogP contribution in [0.4, 0.5) is 0 Å². The number of hydrogen-bond donors (Lipinski definition) is 3. The maximum Gasteiger partial charge on any atom is 0.158 e. The van der Waals surface area contributed by atoms with Crippen molar-refractivity contribution in [1.82, 2.24) is 16.3 Å². The molecule has 4 nitrogen and oxygen atoms in total. The van der Waals surface area contributed by atoms with Crippen LogP contribution in [0.1, 0.15) is 5.56 Å². The van der Waals surface area contributed by atoms with Gasteiger partial charge in [0.1, 0.15) is 5.54 Å². The number of hydrazine groups is 1. The van der Waals surface area contributed by atoms with E-state index in [9.17, 15) is 0 Å².